The predicted molar refractivity (Wildman–Crippen MR) is 43.4 cm³/mol. The van der Waals surface area contributed by atoms with Gasteiger partial charge in [-0.15, -0.1) is 0 Å². The lowest BCUT2D eigenvalue weighted by Crippen LogP contribution is -1.89. The number of halogens is 1. The number of benzene rings is 1. The summed E-state index contributed by atoms with van der Waals surface area (Å²) in [4.78, 5) is 11.3. The molecule has 0 N–H and O–H groups in total. The third-order valence-electron chi connectivity index (χ3n) is 1.35. The van der Waals surface area contributed by atoms with Gasteiger partial charge in [0.05, 0.1) is 12.1 Å². The lowest BCUT2D eigenvalue weighted by atomic mass is 10.2. The van der Waals surface area contributed by atoms with Gasteiger partial charge in [-0.1, -0.05) is 12.1 Å². The Bertz CT molecular complexity index is 255. The first-order valence-electron chi connectivity index (χ1n) is 3.13. The van der Waals surface area contributed by atoms with Crippen molar-refractivity contribution in [1.82, 2.24) is 0 Å². The average Bonchev–Trinajstić information content (AvgIpc) is 2.05. The summed E-state index contributed by atoms with van der Waals surface area (Å²) in [6, 6.07) is 6.40. The van der Waals surface area contributed by atoms with E-state index in [1.807, 2.05) is 0 Å². The molecule has 1 aromatic rings. The van der Waals surface area contributed by atoms with Gasteiger partial charge >= 0.3 is 0 Å². The molecule has 0 spiro atoms. The molecule has 0 aliphatic rings. The van der Waals surface area contributed by atoms with Crippen molar-refractivity contribution < 1.29 is 8.68 Å². The van der Waals surface area contributed by atoms with E-state index in [0.717, 1.165) is 0 Å². The van der Waals surface area contributed by atoms with Gasteiger partial charge in [0.1, 0.15) is 0 Å². The van der Waals surface area contributed by atoms with Gasteiger partial charge in [0.15, 0.2) is 5.78 Å². The number of carbonyl (C=O) groups is 1. The molecule has 0 saturated heterocycles. The minimum Gasteiger partial charge on any atom is -0.295 e. The Balaban J connectivity index is 2.91. The van der Waals surface area contributed by atoms with E-state index in [0.29, 0.717) is 10.5 Å². The van der Waals surface area contributed by atoms with Crippen LogP contribution in [-0.4, -0.2) is 5.78 Å². The SMILES string of the molecule is CC(=O)c1ccc(SF)cc1. The summed E-state index contributed by atoms with van der Waals surface area (Å²) >= 11 is 0.178. The van der Waals surface area contributed by atoms with Crippen LogP contribution in [0.5, 0.6) is 0 Å². The van der Waals surface area contributed by atoms with Gasteiger partial charge in [0, 0.05) is 10.5 Å². The van der Waals surface area contributed by atoms with Crippen LogP contribution >= 0.6 is 12.1 Å². The second-order valence-corrected chi connectivity index (χ2v) is 2.78. The van der Waals surface area contributed by atoms with E-state index in [1.165, 1.54) is 6.92 Å². The first-order chi connectivity index (χ1) is 5.24. The highest BCUT2D eigenvalue weighted by Gasteiger charge is 1.98. The zero-order valence-electron chi connectivity index (χ0n) is 6.00. The van der Waals surface area contributed by atoms with Gasteiger partial charge in [-0.2, -0.15) is 3.89 Å². The van der Waals surface area contributed by atoms with Crippen molar-refractivity contribution >= 4 is 17.9 Å². The summed E-state index contributed by atoms with van der Waals surface area (Å²) in [5, 5.41) is 0. The predicted octanol–water partition coefficient (Wildman–Crippen LogP) is 2.87. The molecule has 1 nitrogen and oxygen atoms in total. The van der Waals surface area contributed by atoms with Crippen molar-refractivity contribution in [1.29, 1.82) is 0 Å². The third-order valence-corrected chi connectivity index (χ3v) is 1.80. The number of hydrogen-bond donors (Lipinski definition) is 0. The second kappa shape index (κ2) is 3.53. The molecule has 0 unspecified atom stereocenters. The highest BCUT2D eigenvalue weighted by atomic mass is 32.2. The highest BCUT2D eigenvalue weighted by molar-refractivity contribution is 7.94. The first-order valence-corrected chi connectivity index (χ1v) is 3.85. The Morgan fingerprint density at radius 1 is 1.36 bits per heavy atom. The number of carbonyl (C=O) groups excluding carboxylic acids is 1. The molecule has 0 amide bonds. The molecule has 0 radical (unpaired) electrons. The van der Waals surface area contributed by atoms with Crippen molar-refractivity contribution in [2.24, 2.45) is 0 Å². The molecule has 0 atom stereocenters. The van der Waals surface area contributed by atoms with E-state index in [2.05, 4.69) is 0 Å². The minimum absolute atomic E-state index is 0.000378. The molecule has 0 aromatic heterocycles. The molecule has 0 fully saturated rings. The summed E-state index contributed by atoms with van der Waals surface area (Å²) in [5.41, 5.74) is 0.614. The van der Waals surface area contributed by atoms with Gasteiger partial charge in [-0.3, -0.25) is 4.79 Å². The van der Waals surface area contributed by atoms with E-state index in [4.69, 9.17) is 0 Å². The van der Waals surface area contributed by atoms with E-state index < -0.39 is 0 Å². The van der Waals surface area contributed by atoms with E-state index in [9.17, 15) is 8.68 Å². The lowest BCUT2D eigenvalue weighted by Gasteiger charge is -1.94. The molecule has 58 valence electrons. The van der Waals surface area contributed by atoms with Crippen LogP contribution in [0.15, 0.2) is 29.2 Å². The Morgan fingerprint density at radius 3 is 2.27 bits per heavy atom. The Morgan fingerprint density at radius 2 is 1.91 bits per heavy atom. The largest absolute Gasteiger partial charge is 0.295 e. The number of hydrogen-bond acceptors (Lipinski definition) is 2. The zero-order chi connectivity index (χ0) is 8.27. The first kappa shape index (κ1) is 8.27. The van der Waals surface area contributed by atoms with Crippen LogP contribution in [0.4, 0.5) is 3.89 Å². The molecular formula is C8H7FOS. The van der Waals surface area contributed by atoms with E-state index in [1.54, 1.807) is 24.3 Å². The van der Waals surface area contributed by atoms with Crippen molar-refractivity contribution in [3.8, 4) is 0 Å². The average molecular weight is 170 g/mol. The van der Waals surface area contributed by atoms with Gasteiger partial charge in [0.25, 0.3) is 0 Å². The summed E-state index contributed by atoms with van der Waals surface area (Å²) in [6.07, 6.45) is 0. The van der Waals surface area contributed by atoms with Crippen LogP contribution in [0.1, 0.15) is 17.3 Å². The van der Waals surface area contributed by atoms with Crippen molar-refractivity contribution in [3.05, 3.63) is 29.8 Å². The molecule has 0 aliphatic heterocycles. The summed E-state index contributed by atoms with van der Waals surface area (Å²) in [6.45, 7) is 1.48. The molecular weight excluding hydrogens is 163 g/mol. The molecule has 0 bridgehead atoms. The van der Waals surface area contributed by atoms with Crippen molar-refractivity contribution in [2.45, 2.75) is 11.8 Å². The molecule has 3 heteroatoms. The van der Waals surface area contributed by atoms with Gasteiger partial charge in [-0.05, 0) is 19.1 Å². The number of Topliss-reactive ketones (excluding diaryl/α,β-unsaturated/α-hetero) is 1. The highest BCUT2D eigenvalue weighted by Crippen LogP contribution is 2.18. The van der Waals surface area contributed by atoms with Gasteiger partial charge < -0.3 is 0 Å². The number of rotatable bonds is 2. The van der Waals surface area contributed by atoms with Crippen LogP contribution in [0.25, 0.3) is 0 Å². The minimum atomic E-state index is 0.000378. The van der Waals surface area contributed by atoms with Crippen LogP contribution < -0.4 is 0 Å². The molecule has 0 heterocycles. The summed E-state index contributed by atoms with van der Waals surface area (Å²) in [5.74, 6) is 0.000378. The fourth-order valence-electron chi connectivity index (χ4n) is 0.741. The topological polar surface area (TPSA) is 17.1 Å². The molecule has 11 heavy (non-hydrogen) atoms. The normalized spacial score (nSPS) is 9.64. The fourth-order valence-corrected chi connectivity index (χ4v) is 0.980. The summed E-state index contributed by atoms with van der Waals surface area (Å²) in [7, 11) is 0. The zero-order valence-corrected chi connectivity index (χ0v) is 6.82. The monoisotopic (exact) mass is 170 g/mol. The standard InChI is InChI=1S/C8H7FOS/c1-6(10)7-2-4-8(11-9)5-3-7/h2-5H,1H3. The molecule has 1 rings (SSSR count). The smallest absolute Gasteiger partial charge is 0.159 e. The Kier molecular flexibility index (Phi) is 2.65. The maximum Gasteiger partial charge on any atom is 0.159 e. The van der Waals surface area contributed by atoms with Gasteiger partial charge in [-0.25, -0.2) is 0 Å². The van der Waals surface area contributed by atoms with Crippen LogP contribution in [0, 0.1) is 0 Å². The maximum absolute atomic E-state index is 11.9. The van der Waals surface area contributed by atoms with E-state index >= 15 is 0 Å². The van der Waals surface area contributed by atoms with Crippen LogP contribution in [-0.2, 0) is 0 Å². The van der Waals surface area contributed by atoms with Crippen LogP contribution in [0.2, 0.25) is 0 Å². The second-order valence-electron chi connectivity index (χ2n) is 2.16. The maximum atomic E-state index is 11.9. The lowest BCUT2D eigenvalue weighted by molar-refractivity contribution is 0.101. The van der Waals surface area contributed by atoms with Gasteiger partial charge in [0.2, 0.25) is 0 Å². The molecule has 1 aromatic carbocycles. The van der Waals surface area contributed by atoms with Crippen molar-refractivity contribution in [3.63, 3.8) is 0 Å². The fraction of sp³-hybridized carbons (Fsp3) is 0.125. The molecule has 0 saturated carbocycles. The quantitative estimate of drug-likeness (QED) is 0.635. The number of ketones is 1. The Hall–Kier alpha value is -0.830. The Labute approximate surface area is 68.9 Å². The third kappa shape index (κ3) is 2.05. The van der Waals surface area contributed by atoms with E-state index in [-0.39, 0.29) is 17.9 Å². The molecule has 0 aliphatic carbocycles. The summed E-state index contributed by atoms with van der Waals surface area (Å²) < 4.78 is 11.9. The van der Waals surface area contributed by atoms with Crippen molar-refractivity contribution in [2.75, 3.05) is 0 Å². The van der Waals surface area contributed by atoms with Crippen LogP contribution in [0.3, 0.4) is 0 Å².